The second kappa shape index (κ2) is 9.32. The lowest BCUT2D eigenvalue weighted by molar-refractivity contribution is -0.234. The Morgan fingerprint density at radius 2 is 1.82 bits per heavy atom. The number of aromatic nitrogens is 2. The maximum Gasteiger partial charge on any atom is 0.227 e. The second-order valence-electron chi connectivity index (χ2n) is 10.1. The molecule has 5 aromatic rings. The minimum absolute atomic E-state index is 0.316. The summed E-state index contributed by atoms with van der Waals surface area (Å²) in [5.41, 5.74) is 3.64. The van der Waals surface area contributed by atoms with Crippen molar-refractivity contribution in [2.24, 2.45) is 4.99 Å². The number of aliphatic hydroxyl groups excluding tert-OH is 3. The number of fused-ring (bicyclic) bond motifs is 3. The Bertz CT molecular complexity index is 1720. The smallest absolute Gasteiger partial charge is 0.227 e. The summed E-state index contributed by atoms with van der Waals surface area (Å²) in [6.45, 7) is 2.02. The Hall–Kier alpha value is -4.02. The molecular weight excluding hydrogens is 498 g/mol. The molecule has 0 amide bonds. The number of aryl methyl sites for hydroxylation is 1. The van der Waals surface area contributed by atoms with Gasteiger partial charge >= 0.3 is 0 Å². The van der Waals surface area contributed by atoms with E-state index >= 15 is 0 Å². The van der Waals surface area contributed by atoms with Crippen LogP contribution in [0.1, 0.15) is 16.9 Å². The Kier molecular flexibility index (Phi) is 5.75. The van der Waals surface area contributed by atoms with Gasteiger partial charge in [-0.25, -0.2) is 9.98 Å². The number of rotatable bonds is 5. The molecule has 198 valence electrons. The highest BCUT2D eigenvalue weighted by Crippen LogP contribution is 2.34. The molecule has 2 aliphatic rings. The number of hydrogen-bond donors (Lipinski definition) is 3. The monoisotopic (exact) mass is 525 g/mol. The molecule has 0 radical (unpaired) electrons. The molecule has 2 aliphatic heterocycles. The van der Waals surface area contributed by atoms with Gasteiger partial charge in [0, 0.05) is 29.2 Å². The topological polar surface area (TPSA) is 122 Å². The van der Waals surface area contributed by atoms with Gasteiger partial charge in [0.2, 0.25) is 18.1 Å². The van der Waals surface area contributed by atoms with Crippen LogP contribution in [0.4, 0.5) is 0 Å². The van der Waals surface area contributed by atoms with Gasteiger partial charge < -0.3 is 33.8 Å². The maximum absolute atomic E-state index is 10.6. The van der Waals surface area contributed by atoms with E-state index in [1.54, 1.807) is 6.20 Å². The second-order valence-corrected chi connectivity index (χ2v) is 10.1. The van der Waals surface area contributed by atoms with Crippen LogP contribution in [0.2, 0.25) is 0 Å². The lowest BCUT2D eigenvalue weighted by Crippen LogP contribution is -2.56. The summed E-state index contributed by atoms with van der Waals surface area (Å²) in [5.74, 6) is 1.59. The lowest BCUT2D eigenvalue weighted by atomic mass is 9.98. The average Bonchev–Trinajstić information content (AvgIpc) is 3.67. The van der Waals surface area contributed by atoms with Crippen molar-refractivity contribution in [1.29, 1.82) is 0 Å². The van der Waals surface area contributed by atoms with E-state index in [1.165, 1.54) is 10.8 Å². The van der Waals surface area contributed by atoms with Gasteiger partial charge in [-0.2, -0.15) is 0 Å². The lowest BCUT2D eigenvalue weighted by Gasteiger charge is -2.36. The van der Waals surface area contributed by atoms with E-state index in [4.69, 9.17) is 13.9 Å². The van der Waals surface area contributed by atoms with Gasteiger partial charge in [0.1, 0.15) is 30.1 Å². The summed E-state index contributed by atoms with van der Waals surface area (Å²) in [7, 11) is 0. The third kappa shape index (κ3) is 4.11. The van der Waals surface area contributed by atoms with E-state index in [2.05, 4.69) is 44.9 Å². The molecule has 1 unspecified atom stereocenters. The molecule has 3 N–H and O–H groups in total. The minimum Gasteiger partial charge on any atom is -0.445 e. The van der Waals surface area contributed by atoms with Gasteiger partial charge in [-0.15, -0.1) is 0 Å². The Morgan fingerprint density at radius 3 is 2.62 bits per heavy atom. The number of nitrogens with zero attached hydrogens (tertiary/aromatic N) is 3. The van der Waals surface area contributed by atoms with Crippen molar-refractivity contribution < 1.29 is 29.2 Å². The SMILES string of the molecule is Cc1cnc(-c2ccc3c(C4=N[C@@H]5C(O)[C@H](O)[C@@H](CO)O[C@@H]5O4)cn(Cc4ccc5ccccc5c4)c3c2)o1. The number of aliphatic hydroxyl groups is 3. The fourth-order valence-corrected chi connectivity index (χ4v) is 5.46. The first-order valence-corrected chi connectivity index (χ1v) is 12.9. The Balaban J connectivity index is 1.32. The highest BCUT2D eigenvalue weighted by molar-refractivity contribution is 6.08. The van der Waals surface area contributed by atoms with E-state index in [-0.39, 0.29) is 0 Å². The number of benzene rings is 3. The molecular formula is C30H27N3O6. The summed E-state index contributed by atoms with van der Waals surface area (Å²) < 4.78 is 19.7. The fraction of sp³-hybridized carbons (Fsp3) is 0.267. The number of hydrogen-bond acceptors (Lipinski definition) is 8. The van der Waals surface area contributed by atoms with Crippen LogP contribution in [0.5, 0.6) is 0 Å². The average molecular weight is 526 g/mol. The first-order chi connectivity index (χ1) is 19.0. The van der Waals surface area contributed by atoms with Gasteiger partial charge in [-0.05, 0) is 41.5 Å². The summed E-state index contributed by atoms with van der Waals surface area (Å²) in [6, 6.07) is 19.8. The summed E-state index contributed by atoms with van der Waals surface area (Å²) >= 11 is 0. The quantitative estimate of drug-likeness (QED) is 0.322. The van der Waals surface area contributed by atoms with Crippen molar-refractivity contribution in [2.45, 2.75) is 44.1 Å². The van der Waals surface area contributed by atoms with Gasteiger partial charge in [-0.3, -0.25) is 0 Å². The minimum atomic E-state index is -1.26. The molecule has 1 fully saturated rings. The first kappa shape index (κ1) is 24.1. The van der Waals surface area contributed by atoms with Crippen LogP contribution in [-0.4, -0.2) is 68.0 Å². The first-order valence-electron chi connectivity index (χ1n) is 12.9. The van der Waals surface area contributed by atoms with E-state index in [0.717, 1.165) is 33.4 Å². The highest BCUT2D eigenvalue weighted by Gasteiger charge is 2.49. The van der Waals surface area contributed by atoms with E-state index < -0.39 is 37.3 Å². The third-order valence-electron chi connectivity index (χ3n) is 7.49. The van der Waals surface area contributed by atoms with Gasteiger partial charge in [0.05, 0.1) is 18.4 Å². The van der Waals surface area contributed by atoms with Crippen molar-refractivity contribution in [2.75, 3.05) is 6.61 Å². The molecule has 4 heterocycles. The zero-order chi connectivity index (χ0) is 26.7. The van der Waals surface area contributed by atoms with Crippen molar-refractivity contribution in [3.8, 4) is 11.5 Å². The Morgan fingerprint density at radius 1 is 0.974 bits per heavy atom. The number of aliphatic imine (C=N–C) groups is 1. The normalized spacial score (nSPS) is 24.6. The molecule has 7 rings (SSSR count). The Labute approximate surface area is 223 Å². The molecule has 3 aromatic carbocycles. The molecule has 39 heavy (non-hydrogen) atoms. The van der Waals surface area contributed by atoms with Crippen LogP contribution in [0.25, 0.3) is 33.1 Å². The van der Waals surface area contributed by atoms with E-state index in [1.807, 2.05) is 43.5 Å². The molecule has 0 saturated carbocycles. The molecule has 5 atom stereocenters. The van der Waals surface area contributed by atoms with Crippen LogP contribution < -0.4 is 0 Å². The van der Waals surface area contributed by atoms with Crippen LogP contribution in [0.3, 0.4) is 0 Å². The van der Waals surface area contributed by atoms with E-state index in [9.17, 15) is 15.3 Å². The van der Waals surface area contributed by atoms with Crippen LogP contribution >= 0.6 is 0 Å². The highest BCUT2D eigenvalue weighted by atomic mass is 16.7. The molecule has 1 saturated heterocycles. The van der Waals surface area contributed by atoms with Crippen molar-refractivity contribution in [3.05, 3.63) is 89.9 Å². The fourth-order valence-electron chi connectivity index (χ4n) is 5.46. The molecule has 0 spiro atoms. The molecule has 9 heteroatoms. The van der Waals surface area contributed by atoms with Crippen LogP contribution in [0.15, 0.2) is 82.5 Å². The maximum atomic E-state index is 10.6. The molecule has 9 nitrogen and oxygen atoms in total. The summed E-state index contributed by atoms with van der Waals surface area (Å²) in [5, 5.41) is 33.7. The number of oxazole rings is 1. The largest absolute Gasteiger partial charge is 0.445 e. The van der Waals surface area contributed by atoms with Crippen molar-refractivity contribution >= 4 is 27.6 Å². The summed E-state index contributed by atoms with van der Waals surface area (Å²) in [6.07, 6.45) is -0.650. The van der Waals surface area contributed by atoms with Gasteiger partial charge in [0.15, 0.2) is 0 Å². The predicted molar refractivity (Wildman–Crippen MR) is 144 cm³/mol. The summed E-state index contributed by atoms with van der Waals surface area (Å²) in [4.78, 5) is 9.00. The predicted octanol–water partition coefficient (Wildman–Crippen LogP) is 3.39. The van der Waals surface area contributed by atoms with Crippen LogP contribution in [-0.2, 0) is 16.0 Å². The third-order valence-corrected chi connectivity index (χ3v) is 7.49. The molecule has 2 aromatic heterocycles. The zero-order valence-electron chi connectivity index (χ0n) is 21.1. The van der Waals surface area contributed by atoms with Crippen molar-refractivity contribution in [1.82, 2.24) is 9.55 Å². The molecule has 0 aliphatic carbocycles. The van der Waals surface area contributed by atoms with Gasteiger partial charge in [-0.1, -0.05) is 42.5 Å². The number of ether oxygens (including phenoxy) is 2. The van der Waals surface area contributed by atoms with Crippen molar-refractivity contribution in [3.63, 3.8) is 0 Å². The standard InChI is InChI=1S/C30H27N3O6/c1-16-12-31-28(37-16)20-8-9-21-22(29-32-25-27(36)26(35)24(15-34)38-30(25)39-29)14-33(23(21)11-20)13-17-6-7-18-4-2-3-5-19(18)10-17/h2-12,14,24-27,30,34-36H,13,15H2,1H3/t24-,25-,26-,27?,30-/m1/s1. The van der Waals surface area contributed by atoms with Crippen LogP contribution in [0, 0.1) is 6.92 Å². The van der Waals surface area contributed by atoms with E-state index in [0.29, 0.717) is 18.3 Å². The zero-order valence-corrected chi connectivity index (χ0v) is 21.1. The molecule has 0 bridgehead atoms. The van der Waals surface area contributed by atoms with Gasteiger partial charge in [0.25, 0.3) is 0 Å².